The second-order valence-corrected chi connectivity index (χ2v) is 8.73. The van der Waals surface area contributed by atoms with E-state index in [4.69, 9.17) is 11.6 Å². The number of hydrogen-bond donors (Lipinski definition) is 0. The molecule has 0 radical (unpaired) electrons. The minimum absolute atomic E-state index is 0.0395. The first-order valence-corrected chi connectivity index (χ1v) is 9.80. The van der Waals surface area contributed by atoms with Crippen molar-refractivity contribution in [2.45, 2.75) is 58.5 Å². The zero-order valence-electron chi connectivity index (χ0n) is 15.2. The zero-order valence-corrected chi connectivity index (χ0v) is 16.8. The molecule has 8 heteroatoms. The molecule has 0 bridgehead atoms. The van der Waals surface area contributed by atoms with Crippen LogP contribution in [0.2, 0.25) is 5.15 Å². The number of hydrogen-bond acceptors (Lipinski definition) is 3. The molecule has 0 saturated heterocycles. The van der Waals surface area contributed by atoms with E-state index in [1.165, 1.54) is 17.5 Å². The topological polar surface area (TPSA) is 38.1 Å². The fourth-order valence-corrected chi connectivity index (χ4v) is 4.53. The molecule has 1 fully saturated rings. The van der Waals surface area contributed by atoms with E-state index in [9.17, 15) is 13.6 Å². The third-order valence-electron chi connectivity index (χ3n) is 4.57. The van der Waals surface area contributed by atoms with Crippen LogP contribution >= 0.6 is 22.9 Å². The summed E-state index contributed by atoms with van der Waals surface area (Å²) in [7, 11) is 1.46. The summed E-state index contributed by atoms with van der Waals surface area (Å²) in [5.74, 6) is -0.119. The summed E-state index contributed by atoms with van der Waals surface area (Å²) in [6.07, 6.45) is -1.08. The van der Waals surface area contributed by atoms with Gasteiger partial charge in [-0.1, -0.05) is 25.4 Å². The number of rotatable bonds is 6. The van der Waals surface area contributed by atoms with E-state index < -0.39 is 18.0 Å². The lowest BCUT2D eigenvalue weighted by atomic mass is 10.0. The second-order valence-electron chi connectivity index (χ2n) is 7.03. The fourth-order valence-electron chi connectivity index (χ4n) is 3.12. The van der Waals surface area contributed by atoms with Gasteiger partial charge in [-0.2, -0.15) is 5.10 Å². The average Bonchev–Trinajstić information content (AvgIpc) is 3.26. The van der Waals surface area contributed by atoms with Gasteiger partial charge in [0, 0.05) is 22.8 Å². The Bertz CT molecular complexity index is 827. The van der Waals surface area contributed by atoms with Gasteiger partial charge in [-0.05, 0) is 37.3 Å². The van der Waals surface area contributed by atoms with Crippen LogP contribution in [0.5, 0.6) is 0 Å². The Morgan fingerprint density at radius 1 is 1.46 bits per heavy atom. The fraction of sp³-hybridized carbons (Fsp3) is 0.556. The lowest BCUT2D eigenvalue weighted by molar-refractivity contribution is 0.0719. The Morgan fingerprint density at radius 2 is 2.12 bits per heavy atom. The average molecular weight is 402 g/mol. The quantitative estimate of drug-likeness (QED) is 0.657. The Hall–Kier alpha value is -1.47. The zero-order chi connectivity index (χ0) is 19.2. The highest BCUT2D eigenvalue weighted by molar-refractivity contribution is 7.12. The maximum Gasteiger partial charge on any atom is 0.283 e. The maximum atomic E-state index is 13.4. The molecule has 0 atom stereocenters. The molecule has 1 aliphatic rings. The van der Waals surface area contributed by atoms with Gasteiger partial charge in [0.2, 0.25) is 0 Å². The number of amides is 1. The monoisotopic (exact) mass is 401 g/mol. The number of alkyl halides is 2. The van der Waals surface area contributed by atoms with Gasteiger partial charge >= 0.3 is 0 Å². The van der Waals surface area contributed by atoms with Crippen molar-refractivity contribution in [3.63, 3.8) is 0 Å². The maximum absolute atomic E-state index is 13.4. The van der Waals surface area contributed by atoms with E-state index in [0.717, 1.165) is 22.4 Å². The van der Waals surface area contributed by atoms with Crippen LogP contribution in [0.1, 0.15) is 70.4 Å². The first-order valence-electron chi connectivity index (χ1n) is 8.61. The Labute approximate surface area is 160 Å². The Balaban J connectivity index is 1.96. The second kappa shape index (κ2) is 7.27. The van der Waals surface area contributed by atoms with E-state index in [2.05, 4.69) is 25.0 Å². The third kappa shape index (κ3) is 3.64. The van der Waals surface area contributed by atoms with Crippen molar-refractivity contribution in [2.24, 2.45) is 7.05 Å². The molecule has 1 amide bonds. The first-order chi connectivity index (χ1) is 12.2. The summed E-state index contributed by atoms with van der Waals surface area (Å²) in [6, 6.07) is 2.22. The SMILES string of the molecule is Cc1cc(C(C)C)c(CN(C(=O)c2c(C(F)F)nn(C)c2Cl)C2CC2)s1. The molecule has 0 aliphatic heterocycles. The van der Waals surface area contributed by atoms with Gasteiger partial charge in [0.05, 0.1) is 6.54 Å². The van der Waals surface area contributed by atoms with Crippen LogP contribution in [0.4, 0.5) is 8.78 Å². The minimum atomic E-state index is -2.84. The number of nitrogens with zero attached hydrogens (tertiary/aromatic N) is 3. The first kappa shape index (κ1) is 19.3. The van der Waals surface area contributed by atoms with E-state index in [-0.39, 0.29) is 16.8 Å². The van der Waals surface area contributed by atoms with E-state index in [1.54, 1.807) is 16.2 Å². The van der Waals surface area contributed by atoms with E-state index >= 15 is 0 Å². The predicted octanol–water partition coefficient (Wildman–Crippen LogP) is 5.31. The lowest BCUT2D eigenvalue weighted by Gasteiger charge is -2.23. The molecule has 0 unspecified atom stereocenters. The predicted molar refractivity (Wildman–Crippen MR) is 99.2 cm³/mol. The van der Waals surface area contributed by atoms with Crippen molar-refractivity contribution >= 4 is 28.8 Å². The number of carbonyl (C=O) groups is 1. The van der Waals surface area contributed by atoms with Crippen LogP contribution in [0.3, 0.4) is 0 Å². The molecule has 0 spiro atoms. The van der Waals surface area contributed by atoms with E-state index in [1.807, 2.05) is 6.92 Å². The highest BCUT2D eigenvalue weighted by atomic mass is 35.5. The van der Waals surface area contributed by atoms with Crippen LogP contribution < -0.4 is 0 Å². The Kier molecular flexibility index (Phi) is 5.40. The van der Waals surface area contributed by atoms with Gasteiger partial charge in [0.1, 0.15) is 16.4 Å². The summed E-state index contributed by atoms with van der Waals surface area (Å²) < 4.78 is 27.9. The third-order valence-corrected chi connectivity index (χ3v) is 6.06. The number of halogens is 3. The normalized spacial score (nSPS) is 14.5. The highest BCUT2D eigenvalue weighted by Crippen LogP contribution is 2.37. The number of thiophene rings is 1. The summed E-state index contributed by atoms with van der Waals surface area (Å²) in [6.45, 7) is 6.68. The summed E-state index contributed by atoms with van der Waals surface area (Å²) >= 11 is 7.79. The number of aryl methyl sites for hydroxylation is 2. The lowest BCUT2D eigenvalue weighted by Crippen LogP contribution is -2.33. The molecule has 0 aromatic carbocycles. The molecule has 0 N–H and O–H groups in total. The summed E-state index contributed by atoms with van der Waals surface area (Å²) in [5, 5.41) is 3.70. The molecule has 2 heterocycles. The van der Waals surface area contributed by atoms with Crippen LogP contribution in [0, 0.1) is 6.92 Å². The number of aromatic nitrogens is 2. The smallest absolute Gasteiger partial charge is 0.283 e. The highest BCUT2D eigenvalue weighted by Gasteiger charge is 2.38. The van der Waals surface area contributed by atoms with E-state index in [0.29, 0.717) is 12.5 Å². The minimum Gasteiger partial charge on any atom is -0.330 e. The molecule has 26 heavy (non-hydrogen) atoms. The summed E-state index contributed by atoms with van der Waals surface area (Å²) in [5.41, 5.74) is 0.493. The molecule has 1 saturated carbocycles. The van der Waals surface area contributed by atoms with Crippen LogP contribution in [0.25, 0.3) is 0 Å². The molecule has 3 rings (SSSR count). The standard InChI is InChI=1S/C18H22ClF2N3OS/c1-9(2)12-7-10(3)26-13(12)8-24(11-5-6-11)18(25)14-15(17(20)21)22-23(4)16(14)19/h7,9,11,17H,5-6,8H2,1-4H3. The molecule has 4 nitrogen and oxygen atoms in total. The van der Waals surface area contributed by atoms with Gasteiger partial charge in [-0.15, -0.1) is 11.3 Å². The van der Waals surface area contributed by atoms with Crippen molar-refractivity contribution in [1.82, 2.24) is 14.7 Å². The molecule has 142 valence electrons. The van der Waals surface area contributed by atoms with Crippen molar-refractivity contribution in [3.8, 4) is 0 Å². The van der Waals surface area contributed by atoms with Gasteiger partial charge in [-0.3, -0.25) is 9.48 Å². The van der Waals surface area contributed by atoms with Crippen molar-refractivity contribution in [3.05, 3.63) is 37.8 Å². The van der Waals surface area contributed by atoms with Crippen molar-refractivity contribution in [2.75, 3.05) is 0 Å². The largest absolute Gasteiger partial charge is 0.330 e. The molecular weight excluding hydrogens is 380 g/mol. The van der Waals surface area contributed by atoms with Gasteiger partial charge in [0.25, 0.3) is 12.3 Å². The van der Waals surface area contributed by atoms with Crippen LogP contribution in [0.15, 0.2) is 6.07 Å². The molecule has 2 aromatic rings. The van der Waals surface area contributed by atoms with Crippen molar-refractivity contribution in [1.29, 1.82) is 0 Å². The van der Waals surface area contributed by atoms with Crippen molar-refractivity contribution < 1.29 is 13.6 Å². The van der Waals surface area contributed by atoms with Gasteiger partial charge < -0.3 is 4.90 Å². The van der Waals surface area contributed by atoms with Crippen LogP contribution in [-0.2, 0) is 13.6 Å². The van der Waals surface area contributed by atoms with Crippen LogP contribution in [-0.4, -0.2) is 26.6 Å². The Morgan fingerprint density at radius 3 is 2.65 bits per heavy atom. The molecular formula is C18H22ClF2N3OS. The molecule has 1 aliphatic carbocycles. The summed E-state index contributed by atoms with van der Waals surface area (Å²) in [4.78, 5) is 17.1. The van der Waals surface area contributed by atoms with Gasteiger partial charge in [-0.25, -0.2) is 8.78 Å². The molecule has 2 aromatic heterocycles. The number of carbonyl (C=O) groups excluding carboxylic acids is 1. The van der Waals surface area contributed by atoms with Gasteiger partial charge in [0.15, 0.2) is 0 Å².